The first-order chi connectivity index (χ1) is 16.3. The van der Waals surface area contributed by atoms with Gasteiger partial charge in [-0.25, -0.2) is 18.4 Å². The van der Waals surface area contributed by atoms with Crippen molar-refractivity contribution in [3.05, 3.63) is 65.7 Å². The Bertz CT molecular complexity index is 1110. The van der Waals surface area contributed by atoms with E-state index in [9.17, 15) is 18.0 Å². The normalized spacial score (nSPS) is 21.6. The summed E-state index contributed by atoms with van der Waals surface area (Å²) in [6, 6.07) is 16.5. The second-order valence-corrected chi connectivity index (χ2v) is 11.6. The molecule has 2 aliphatic heterocycles. The minimum atomic E-state index is -3.75. The molecule has 4 rings (SSSR count). The molecule has 0 radical (unpaired) electrons. The first-order valence-electron chi connectivity index (χ1n) is 11.4. The zero-order chi connectivity index (χ0) is 24.1. The molecular formula is C24H30N4O4S2. The molecule has 2 heterocycles. The molecule has 10 heteroatoms. The Labute approximate surface area is 204 Å². The highest BCUT2D eigenvalue weighted by Gasteiger charge is 2.42. The van der Waals surface area contributed by atoms with Crippen LogP contribution in [0.25, 0.3) is 0 Å². The molecule has 0 aliphatic carbocycles. The molecule has 0 bridgehead atoms. The standard InChI is InChI=1S/C24H30N4O4S2/c25-34(31,32)19-12-10-18(11-13-19)15-28(14-17-6-2-1-3-7-17)22(29)9-5-4-8-21-23-20(16-33-21)26-24(30)27-23/h1-3,6-7,10-13,20-21,23H,4-5,8-9,14-16H2,(H2,25,31,32)(H2,26,27,30)/t20-,21-,23-/m0/s1. The van der Waals surface area contributed by atoms with E-state index in [4.69, 9.17) is 5.14 Å². The van der Waals surface area contributed by atoms with Gasteiger partial charge < -0.3 is 15.5 Å². The van der Waals surface area contributed by atoms with Crippen LogP contribution in [0.5, 0.6) is 0 Å². The second kappa shape index (κ2) is 10.8. The van der Waals surface area contributed by atoms with Crippen molar-refractivity contribution in [1.29, 1.82) is 0 Å². The summed E-state index contributed by atoms with van der Waals surface area (Å²) in [5.41, 5.74) is 1.88. The average molecular weight is 503 g/mol. The molecule has 2 aliphatic rings. The lowest BCUT2D eigenvalue weighted by molar-refractivity contribution is -0.132. The lowest BCUT2D eigenvalue weighted by Gasteiger charge is -2.24. The minimum absolute atomic E-state index is 0.0536. The number of urea groups is 1. The predicted molar refractivity (Wildman–Crippen MR) is 132 cm³/mol. The zero-order valence-corrected chi connectivity index (χ0v) is 20.5. The van der Waals surface area contributed by atoms with Crippen molar-refractivity contribution in [3.8, 4) is 0 Å². The van der Waals surface area contributed by atoms with Crippen LogP contribution >= 0.6 is 11.8 Å². The molecule has 2 aromatic carbocycles. The summed E-state index contributed by atoms with van der Waals surface area (Å²) in [4.78, 5) is 26.5. The number of thioether (sulfide) groups is 1. The Hall–Kier alpha value is -2.56. The fraction of sp³-hybridized carbons (Fsp3) is 0.417. The van der Waals surface area contributed by atoms with E-state index in [-0.39, 0.29) is 28.9 Å². The van der Waals surface area contributed by atoms with Crippen LogP contribution in [0.15, 0.2) is 59.5 Å². The van der Waals surface area contributed by atoms with Crippen LogP contribution in [-0.4, -0.2) is 48.3 Å². The van der Waals surface area contributed by atoms with Crippen molar-refractivity contribution in [2.75, 3.05) is 5.75 Å². The Morgan fingerprint density at radius 1 is 1.00 bits per heavy atom. The average Bonchev–Trinajstić information content (AvgIpc) is 3.36. The number of benzene rings is 2. The summed E-state index contributed by atoms with van der Waals surface area (Å²) >= 11 is 1.88. The van der Waals surface area contributed by atoms with Crippen molar-refractivity contribution >= 4 is 33.7 Å². The number of nitrogens with two attached hydrogens (primary N) is 1. The molecule has 3 amide bonds. The topological polar surface area (TPSA) is 122 Å². The Morgan fingerprint density at radius 3 is 2.35 bits per heavy atom. The highest BCUT2D eigenvalue weighted by molar-refractivity contribution is 8.00. The van der Waals surface area contributed by atoms with Crippen LogP contribution in [0.4, 0.5) is 4.79 Å². The van der Waals surface area contributed by atoms with Crippen molar-refractivity contribution in [1.82, 2.24) is 15.5 Å². The number of carbonyl (C=O) groups excluding carboxylic acids is 2. The number of fused-ring (bicyclic) bond motifs is 1. The third kappa shape index (κ3) is 6.31. The van der Waals surface area contributed by atoms with Gasteiger partial charge in [0.25, 0.3) is 0 Å². The summed E-state index contributed by atoms with van der Waals surface area (Å²) in [5, 5.41) is 11.5. The number of primary sulfonamides is 1. The third-order valence-corrected chi connectivity index (χ3v) is 8.70. The fourth-order valence-corrected chi connectivity index (χ4v) is 6.52. The van der Waals surface area contributed by atoms with Crippen LogP contribution in [-0.2, 0) is 27.9 Å². The SMILES string of the molecule is NS(=O)(=O)c1ccc(CN(Cc2ccccc2)C(=O)CCCC[C@@H]2SC[C@@H]3NC(=O)N[C@@H]32)cc1. The largest absolute Gasteiger partial charge is 0.334 e. The zero-order valence-electron chi connectivity index (χ0n) is 18.9. The molecule has 4 N–H and O–H groups in total. The molecule has 182 valence electrons. The highest BCUT2D eigenvalue weighted by atomic mass is 32.2. The van der Waals surface area contributed by atoms with Gasteiger partial charge in [0.05, 0.1) is 17.0 Å². The lowest BCUT2D eigenvalue weighted by Crippen LogP contribution is -2.36. The van der Waals surface area contributed by atoms with Gasteiger partial charge in [-0.1, -0.05) is 48.9 Å². The molecule has 2 fully saturated rings. The van der Waals surface area contributed by atoms with Crippen LogP contribution in [0, 0.1) is 0 Å². The Kier molecular flexibility index (Phi) is 7.80. The van der Waals surface area contributed by atoms with E-state index < -0.39 is 10.0 Å². The van der Waals surface area contributed by atoms with Gasteiger partial charge in [0.2, 0.25) is 15.9 Å². The number of carbonyl (C=O) groups is 2. The summed E-state index contributed by atoms with van der Waals surface area (Å²) in [7, 11) is -3.75. The van der Waals surface area contributed by atoms with Crippen molar-refractivity contribution in [2.24, 2.45) is 5.14 Å². The maximum absolute atomic E-state index is 13.1. The Balaban J connectivity index is 1.33. The maximum Gasteiger partial charge on any atom is 0.315 e. The minimum Gasteiger partial charge on any atom is -0.334 e. The maximum atomic E-state index is 13.1. The summed E-state index contributed by atoms with van der Waals surface area (Å²) < 4.78 is 23.0. The summed E-state index contributed by atoms with van der Waals surface area (Å²) in [5.74, 6) is 0.995. The number of nitrogens with one attached hydrogen (secondary N) is 2. The summed E-state index contributed by atoms with van der Waals surface area (Å²) in [6.07, 6.45) is 3.11. The number of amides is 3. The molecule has 0 saturated carbocycles. The second-order valence-electron chi connectivity index (χ2n) is 8.79. The molecule has 34 heavy (non-hydrogen) atoms. The highest BCUT2D eigenvalue weighted by Crippen LogP contribution is 2.33. The van der Waals surface area contributed by atoms with E-state index in [0.29, 0.717) is 24.8 Å². The van der Waals surface area contributed by atoms with Crippen molar-refractivity contribution in [3.63, 3.8) is 0 Å². The molecule has 0 spiro atoms. The van der Waals surface area contributed by atoms with E-state index in [1.54, 1.807) is 12.1 Å². The van der Waals surface area contributed by atoms with Crippen LogP contribution in [0.1, 0.15) is 36.8 Å². The van der Waals surface area contributed by atoms with Crippen molar-refractivity contribution in [2.45, 2.75) is 61.0 Å². The van der Waals surface area contributed by atoms with Gasteiger partial charge in [0.1, 0.15) is 0 Å². The van der Waals surface area contributed by atoms with E-state index in [2.05, 4.69) is 10.6 Å². The Morgan fingerprint density at radius 2 is 1.68 bits per heavy atom. The van der Waals surface area contributed by atoms with E-state index >= 15 is 0 Å². The summed E-state index contributed by atoms with van der Waals surface area (Å²) in [6.45, 7) is 0.870. The first kappa shape index (κ1) is 24.6. The monoisotopic (exact) mass is 502 g/mol. The van der Waals surface area contributed by atoms with Gasteiger partial charge in [-0.15, -0.1) is 0 Å². The number of nitrogens with zero attached hydrogens (tertiary/aromatic N) is 1. The smallest absolute Gasteiger partial charge is 0.315 e. The van der Waals surface area contributed by atoms with Gasteiger partial charge in [0, 0.05) is 30.5 Å². The van der Waals surface area contributed by atoms with Gasteiger partial charge in [-0.3, -0.25) is 4.79 Å². The predicted octanol–water partition coefficient (Wildman–Crippen LogP) is 2.59. The van der Waals surface area contributed by atoms with Crippen molar-refractivity contribution < 1.29 is 18.0 Å². The molecule has 2 saturated heterocycles. The number of unbranched alkanes of at least 4 members (excludes halogenated alkanes) is 1. The van der Waals surface area contributed by atoms with Crippen LogP contribution in [0.2, 0.25) is 0 Å². The molecule has 2 aromatic rings. The molecule has 8 nitrogen and oxygen atoms in total. The van der Waals surface area contributed by atoms with E-state index in [1.807, 2.05) is 47.0 Å². The third-order valence-electron chi connectivity index (χ3n) is 6.26. The van der Waals surface area contributed by atoms with E-state index in [0.717, 1.165) is 36.1 Å². The number of sulfonamides is 1. The molecular weight excluding hydrogens is 472 g/mol. The number of hydrogen-bond donors (Lipinski definition) is 3. The van der Waals surface area contributed by atoms with Gasteiger partial charge in [0.15, 0.2) is 0 Å². The van der Waals surface area contributed by atoms with E-state index in [1.165, 1.54) is 12.1 Å². The van der Waals surface area contributed by atoms with Crippen LogP contribution in [0.3, 0.4) is 0 Å². The fourth-order valence-electron chi connectivity index (χ4n) is 4.46. The quantitative estimate of drug-likeness (QED) is 0.341. The lowest BCUT2D eigenvalue weighted by atomic mass is 10.0. The first-order valence-corrected chi connectivity index (χ1v) is 14.0. The number of hydrogen-bond acceptors (Lipinski definition) is 5. The van der Waals surface area contributed by atoms with Crippen LogP contribution < -0.4 is 15.8 Å². The van der Waals surface area contributed by atoms with Gasteiger partial charge in [-0.05, 0) is 36.1 Å². The molecule has 0 unspecified atom stereocenters. The van der Waals surface area contributed by atoms with Gasteiger partial charge >= 0.3 is 6.03 Å². The number of rotatable bonds is 10. The van der Waals surface area contributed by atoms with Gasteiger partial charge in [-0.2, -0.15) is 11.8 Å². The molecule has 0 aromatic heterocycles. The molecule has 3 atom stereocenters.